The molecule has 0 bridgehead atoms. The van der Waals surface area contributed by atoms with Crippen molar-refractivity contribution >= 4 is 11.8 Å². The fourth-order valence-electron chi connectivity index (χ4n) is 3.89. The Morgan fingerprint density at radius 1 is 1.00 bits per heavy atom. The van der Waals surface area contributed by atoms with Gasteiger partial charge >= 0.3 is 163 Å². The van der Waals surface area contributed by atoms with E-state index in [1.165, 1.54) is 16.0 Å². The third-order valence-electron chi connectivity index (χ3n) is 5.66. The van der Waals surface area contributed by atoms with Crippen LogP contribution in [0.4, 0.5) is 0 Å². The van der Waals surface area contributed by atoms with Crippen LogP contribution >= 0.6 is 11.8 Å². The third-order valence-corrected chi connectivity index (χ3v) is 8.05. The normalized spacial score (nSPS) is 27.5. The summed E-state index contributed by atoms with van der Waals surface area (Å²) in [7, 11) is 0. The predicted molar refractivity (Wildman–Crippen MR) is 102 cm³/mol. The Morgan fingerprint density at radius 3 is 2.23 bits per heavy atom. The Labute approximate surface area is 186 Å². The van der Waals surface area contributed by atoms with E-state index in [-0.39, 0.29) is 28.5 Å². The number of thioether (sulfide) groups is 1. The number of hydrogen-bond acceptors (Lipinski definition) is 1. The summed E-state index contributed by atoms with van der Waals surface area (Å²) in [5.74, 6) is 2.19. The molecule has 0 N–H and O–H groups in total. The average molecular weight is 440 g/mol. The Bertz CT molecular complexity index is 749. The van der Waals surface area contributed by atoms with Crippen LogP contribution in [0.3, 0.4) is 0 Å². The Morgan fingerprint density at radius 2 is 1.65 bits per heavy atom. The summed E-state index contributed by atoms with van der Waals surface area (Å²) >= 11 is 4.41. The van der Waals surface area contributed by atoms with Crippen LogP contribution in [-0.4, -0.2) is 5.75 Å². The minimum atomic E-state index is 0. The van der Waals surface area contributed by atoms with Gasteiger partial charge in [0, 0.05) is 0 Å². The first kappa shape index (κ1) is 23.9. The van der Waals surface area contributed by atoms with E-state index in [2.05, 4.69) is 103 Å². The molecule has 137 valence electrons. The fraction of sp³-hybridized carbons (Fsp3) is 0.364. The van der Waals surface area contributed by atoms with Crippen LogP contribution in [0.5, 0.6) is 0 Å². The van der Waals surface area contributed by atoms with E-state index in [4.69, 9.17) is 0 Å². The molecule has 3 atom stereocenters. The zero-order valence-corrected chi connectivity index (χ0v) is 19.6. The summed E-state index contributed by atoms with van der Waals surface area (Å²) < 4.78 is 0.110. The van der Waals surface area contributed by atoms with Crippen molar-refractivity contribution in [3.63, 3.8) is 0 Å². The molecule has 4 heteroatoms. The molecule has 2 aliphatic rings. The first-order chi connectivity index (χ1) is 11.4. The summed E-state index contributed by atoms with van der Waals surface area (Å²) in [5.41, 5.74) is 6.17. The largest absolute Gasteiger partial charge is 1.00 e. The van der Waals surface area contributed by atoms with Crippen molar-refractivity contribution in [3.05, 3.63) is 76.9 Å². The molecule has 26 heavy (non-hydrogen) atoms. The number of allylic oxidation sites excluding steroid dienone is 8. The molecule has 3 rings (SSSR count). The van der Waals surface area contributed by atoms with Gasteiger partial charge < -0.3 is 24.8 Å². The molecule has 0 heterocycles. The first-order valence-corrected chi connectivity index (χ1v) is 10.4. The van der Waals surface area contributed by atoms with Crippen LogP contribution in [0.15, 0.2) is 81.8 Å². The molecule has 3 unspecified atom stereocenters. The zero-order chi connectivity index (χ0) is 17.3. The molecule has 0 amide bonds. The molecule has 0 fully saturated rings. The van der Waals surface area contributed by atoms with Crippen molar-refractivity contribution in [3.8, 4) is 0 Å². The zero-order valence-electron chi connectivity index (χ0n) is 15.7. The SMILES string of the molecule is CC1=C(C)C(C)C([C]2([Ti+2])C=CC=CC2CSc2ccccc2)=C1C.[Cl-].[Cl-]. The van der Waals surface area contributed by atoms with Gasteiger partial charge in [0.05, 0.1) is 0 Å². The standard InChI is InChI=1S/C22H25S.2ClH.Ti/c1-15-16(2)18(4)22(17(15)3)21-13-9-8-10-19(21)14-23-20-11-6-5-7-12-20;;;/h5-13,17,19H,14H2,1-4H3;2*1H;/q;;;+2/p-2. The maximum absolute atomic E-state index is 2.43. The van der Waals surface area contributed by atoms with Crippen LogP contribution in [0, 0.1) is 11.8 Å². The van der Waals surface area contributed by atoms with Gasteiger partial charge in [-0.15, -0.1) is 0 Å². The van der Waals surface area contributed by atoms with Crippen molar-refractivity contribution in [2.75, 3.05) is 5.75 Å². The molecule has 0 aliphatic heterocycles. The number of halogens is 2. The van der Waals surface area contributed by atoms with E-state index in [1.54, 1.807) is 11.1 Å². The third kappa shape index (κ3) is 4.45. The van der Waals surface area contributed by atoms with Gasteiger partial charge in [-0.3, -0.25) is 0 Å². The minimum absolute atomic E-state index is 0. The van der Waals surface area contributed by atoms with Crippen molar-refractivity contribution in [2.45, 2.75) is 36.3 Å². The second kappa shape index (κ2) is 9.85. The monoisotopic (exact) mass is 439 g/mol. The second-order valence-electron chi connectivity index (χ2n) is 6.91. The minimum Gasteiger partial charge on any atom is -1.00 e. The maximum atomic E-state index is 2.43. The Balaban J connectivity index is 0.00000169. The van der Waals surface area contributed by atoms with E-state index in [1.807, 2.05) is 11.8 Å². The Kier molecular flexibility index (Phi) is 9.04. The van der Waals surface area contributed by atoms with E-state index >= 15 is 0 Å². The fourth-order valence-corrected chi connectivity index (χ4v) is 6.31. The van der Waals surface area contributed by atoms with Crippen molar-refractivity contribution in [2.24, 2.45) is 11.8 Å². The van der Waals surface area contributed by atoms with Gasteiger partial charge in [-0.25, -0.2) is 0 Å². The molecule has 0 aromatic heterocycles. The topological polar surface area (TPSA) is 0 Å². The molecule has 1 aromatic rings. The van der Waals surface area contributed by atoms with E-state index in [0.29, 0.717) is 11.8 Å². The van der Waals surface area contributed by atoms with Gasteiger partial charge in [0.2, 0.25) is 0 Å². The summed E-state index contributed by atoms with van der Waals surface area (Å²) in [6.07, 6.45) is 9.30. The number of rotatable bonds is 4. The summed E-state index contributed by atoms with van der Waals surface area (Å²) in [5, 5.41) is 0. The molecular weight excluding hydrogens is 415 g/mol. The molecule has 0 nitrogen and oxygen atoms in total. The van der Waals surface area contributed by atoms with Crippen molar-refractivity contribution in [1.29, 1.82) is 0 Å². The van der Waals surface area contributed by atoms with Crippen LogP contribution in [0.1, 0.15) is 27.7 Å². The first-order valence-electron chi connectivity index (χ1n) is 8.63. The van der Waals surface area contributed by atoms with Gasteiger partial charge in [-0.2, -0.15) is 0 Å². The van der Waals surface area contributed by atoms with Gasteiger partial charge in [0.1, 0.15) is 0 Å². The van der Waals surface area contributed by atoms with E-state index in [0.717, 1.165) is 5.75 Å². The van der Waals surface area contributed by atoms with Crippen LogP contribution in [0.25, 0.3) is 0 Å². The molecule has 0 radical (unpaired) electrons. The Hall–Kier alpha value is -0.176. The molecule has 2 aliphatic carbocycles. The average Bonchev–Trinajstić information content (AvgIpc) is 2.79. The molecular formula is C22H25Cl2STi. The van der Waals surface area contributed by atoms with Gasteiger partial charge in [0.15, 0.2) is 0 Å². The quantitative estimate of drug-likeness (QED) is 0.487. The van der Waals surface area contributed by atoms with Gasteiger partial charge in [-0.05, 0) is 0 Å². The van der Waals surface area contributed by atoms with Crippen LogP contribution in [0.2, 0.25) is 3.72 Å². The van der Waals surface area contributed by atoms with Gasteiger partial charge in [0.25, 0.3) is 0 Å². The predicted octanol–water partition coefficient (Wildman–Crippen LogP) is 0.537. The summed E-state index contributed by atoms with van der Waals surface area (Å²) in [6, 6.07) is 10.8. The van der Waals surface area contributed by atoms with Crippen LogP contribution in [-0.2, 0) is 20.4 Å². The molecule has 0 spiro atoms. The number of benzene rings is 1. The van der Waals surface area contributed by atoms with E-state index in [9.17, 15) is 0 Å². The van der Waals surface area contributed by atoms with Gasteiger partial charge in [-0.1, -0.05) is 0 Å². The maximum Gasteiger partial charge on any atom is -1.00 e. The summed E-state index contributed by atoms with van der Waals surface area (Å²) in [4.78, 5) is 1.36. The van der Waals surface area contributed by atoms with Crippen molar-refractivity contribution in [1.82, 2.24) is 0 Å². The second-order valence-corrected chi connectivity index (χ2v) is 9.30. The summed E-state index contributed by atoms with van der Waals surface area (Å²) in [6.45, 7) is 9.28. The van der Waals surface area contributed by atoms with E-state index < -0.39 is 0 Å². The van der Waals surface area contributed by atoms with Crippen molar-refractivity contribution < 1.29 is 45.2 Å². The molecule has 1 aromatic carbocycles. The molecule has 0 saturated carbocycles. The number of hydrogen-bond donors (Lipinski definition) is 0. The smallest absolute Gasteiger partial charge is 1.00 e. The molecule has 0 saturated heterocycles. The van der Waals surface area contributed by atoms with Crippen LogP contribution < -0.4 is 24.8 Å².